The average Bonchev–Trinajstić information content (AvgIpc) is 2.76. The first kappa shape index (κ1) is 13.3. The van der Waals surface area contributed by atoms with Gasteiger partial charge < -0.3 is 4.57 Å². The predicted molar refractivity (Wildman–Crippen MR) is 72.0 cm³/mol. The fraction of sp³-hybridized carbons (Fsp3) is 0.231. The molecule has 0 N–H and O–H groups in total. The summed E-state index contributed by atoms with van der Waals surface area (Å²) in [5.74, 6) is 1.13. The van der Waals surface area contributed by atoms with Gasteiger partial charge in [-0.05, 0) is 19.1 Å². The topological polar surface area (TPSA) is 71.6 Å². The SMILES string of the molecule is Cc1nnc(SCC(=O)c2ccc(C#N)cc2)n1C. The highest BCUT2D eigenvalue weighted by molar-refractivity contribution is 7.99. The number of hydrogen-bond acceptors (Lipinski definition) is 5. The van der Waals surface area contributed by atoms with E-state index in [1.165, 1.54) is 11.8 Å². The summed E-state index contributed by atoms with van der Waals surface area (Å²) < 4.78 is 1.84. The van der Waals surface area contributed by atoms with Gasteiger partial charge in [0.2, 0.25) is 0 Å². The number of ketones is 1. The van der Waals surface area contributed by atoms with Crippen molar-refractivity contribution in [3.05, 3.63) is 41.2 Å². The Balaban J connectivity index is 2.01. The minimum Gasteiger partial charge on any atom is -0.309 e. The summed E-state index contributed by atoms with van der Waals surface area (Å²) in [4.78, 5) is 12.0. The number of carbonyl (C=O) groups is 1. The molecule has 0 radical (unpaired) electrons. The maximum atomic E-state index is 12.0. The summed E-state index contributed by atoms with van der Waals surface area (Å²) in [6, 6.07) is 8.65. The summed E-state index contributed by atoms with van der Waals surface area (Å²) in [5, 5.41) is 17.3. The molecule has 0 aliphatic rings. The first-order valence-electron chi connectivity index (χ1n) is 5.64. The Morgan fingerprint density at radius 3 is 2.58 bits per heavy atom. The van der Waals surface area contributed by atoms with Crippen LogP contribution in [0.2, 0.25) is 0 Å². The number of rotatable bonds is 4. The van der Waals surface area contributed by atoms with E-state index in [1.807, 2.05) is 24.6 Å². The van der Waals surface area contributed by atoms with Gasteiger partial charge in [0.05, 0.1) is 17.4 Å². The molecule has 2 aromatic rings. The molecular formula is C13H12N4OS. The van der Waals surface area contributed by atoms with Crippen LogP contribution in [0.15, 0.2) is 29.4 Å². The molecule has 1 aromatic carbocycles. The molecule has 19 heavy (non-hydrogen) atoms. The zero-order chi connectivity index (χ0) is 13.8. The van der Waals surface area contributed by atoms with Gasteiger partial charge in [0.25, 0.3) is 0 Å². The number of Topliss-reactive ketones (excluding diaryl/α,β-unsaturated/α-hetero) is 1. The Hall–Kier alpha value is -2.13. The lowest BCUT2D eigenvalue weighted by Crippen LogP contribution is -2.04. The quantitative estimate of drug-likeness (QED) is 0.628. The second kappa shape index (κ2) is 5.67. The number of nitrogens with zero attached hydrogens (tertiary/aromatic N) is 4. The Morgan fingerprint density at radius 1 is 1.37 bits per heavy atom. The molecule has 6 heteroatoms. The molecule has 0 saturated heterocycles. The molecule has 0 amide bonds. The predicted octanol–water partition coefficient (Wildman–Crippen LogP) is 1.97. The van der Waals surface area contributed by atoms with Crippen molar-refractivity contribution in [3.63, 3.8) is 0 Å². The number of aryl methyl sites for hydroxylation is 1. The molecule has 0 unspecified atom stereocenters. The van der Waals surface area contributed by atoms with Crippen molar-refractivity contribution >= 4 is 17.5 Å². The molecule has 1 heterocycles. The Labute approximate surface area is 115 Å². The summed E-state index contributed by atoms with van der Waals surface area (Å²) >= 11 is 1.36. The normalized spacial score (nSPS) is 10.2. The van der Waals surface area contributed by atoms with Gasteiger partial charge >= 0.3 is 0 Å². The van der Waals surface area contributed by atoms with Crippen molar-refractivity contribution in [1.82, 2.24) is 14.8 Å². The minimum atomic E-state index is 0.00939. The largest absolute Gasteiger partial charge is 0.309 e. The molecule has 0 atom stereocenters. The van der Waals surface area contributed by atoms with Gasteiger partial charge in [-0.2, -0.15) is 5.26 Å². The second-order valence-corrected chi connectivity index (χ2v) is 4.93. The number of aromatic nitrogens is 3. The van der Waals surface area contributed by atoms with E-state index in [4.69, 9.17) is 5.26 Å². The molecule has 96 valence electrons. The van der Waals surface area contributed by atoms with E-state index >= 15 is 0 Å². The number of benzene rings is 1. The molecule has 0 fully saturated rings. The Bertz CT molecular complexity index is 640. The van der Waals surface area contributed by atoms with Crippen LogP contribution in [0.5, 0.6) is 0 Å². The van der Waals surface area contributed by atoms with Crippen LogP contribution in [0.4, 0.5) is 0 Å². The van der Waals surface area contributed by atoms with E-state index in [0.29, 0.717) is 16.9 Å². The highest BCUT2D eigenvalue weighted by Gasteiger charge is 2.10. The summed E-state index contributed by atoms with van der Waals surface area (Å²) in [6.07, 6.45) is 0. The fourth-order valence-corrected chi connectivity index (χ4v) is 2.31. The van der Waals surface area contributed by atoms with Gasteiger partial charge in [0.1, 0.15) is 5.82 Å². The van der Waals surface area contributed by atoms with Crippen molar-refractivity contribution in [1.29, 1.82) is 5.26 Å². The van der Waals surface area contributed by atoms with Gasteiger partial charge in [-0.3, -0.25) is 4.79 Å². The molecule has 0 saturated carbocycles. The van der Waals surface area contributed by atoms with Crippen molar-refractivity contribution in [2.75, 3.05) is 5.75 Å². The number of hydrogen-bond donors (Lipinski definition) is 0. The van der Waals surface area contributed by atoms with Crippen LogP contribution >= 0.6 is 11.8 Å². The summed E-state index contributed by atoms with van der Waals surface area (Å²) in [5.41, 5.74) is 1.15. The van der Waals surface area contributed by atoms with Crippen LogP contribution in [0.3, 0.4) is 0 Å². The lowest BCUT2D eigenvalue weighted by Gasteiger charge is -2.02. The molecule has 0 bridgehead atoms. The fourth-order valence-electron chi connectivity index (χ4n) is 1.46. The number of thioether (sulfide) groups is 1. The lowest BCUT2D eigenvalue weighted by molar-refractivity contribution is 0.102. The zero-order valence-corrected chi connectivity index (χ0v) is 11.4. The second-order valence-electron chi connectivity index (χ2n) is 3.99. The zero-order valence-electron chi connectivity index (χ0n) is 10.6. The van der Waals surface area contributed by atoms with E-state index in [-0.39, 0.29) is 5.78 Å². The first-order chi connectivity index (χ1) is 9.11. The minimum absolute atomic E-state index is 0.00939. The van der Waals surface area contributed by atoms with Crippen molar-refractivity contribution < 1.29 is 4.79 Å². The maximum Gasteiger partial charge on any atom is 0.191 e. The van der Waals surface area contributed by atoms with Gasteiger partial charge in [-0.1, -0.05) is 23.9 Å². The van der Waals surface area contributed by atoms with Crippen LogP contribution in [0, 0.1) is 18.3 Å². The van der Waals surface area contributed by atoms with Crippen molar-refractivity contribution in [3.8, 4) is 6.07 Å². The summed E-state index contributed by atoms with van der Waals surface area (Å²) in [7, 11) is 1.86. The molecule has 1 aromatic heterocycles. The van der Waals surface area contributed by atoms with Crippen LogP contribution in [0.1, 0.15) is 21.7 Å². The van der Waals surface area contributed by atoms with E-state index in [0.717, 1.165) is 11.0 Å². The van der Waals surface area contributed by atoms with Crippen LogP contribution in [0.25, 0.3) is 0 Å². The van der Waals surface area contributed by atoms with Crippen LogP contribution < -0.4 is 0 Å². The van der Waals surface area contributed by atoms with Crippen LogP contribution in [-0.4, -0.2) is 26.3 Å². The van der Waals surface area contributed by atoms with E-state index in [9.17, 15) is 4.79 Å². The Kier molecular flexibility index (Phi) is 3.97. The van der Waals surface area contributed by atoms with Crippen molar-refractivity contribution in [2.45, 2.75) is 12.1 Å². The standard InChI is InChI=1S/C13H12N4OS/c1-9-15-16-13(17(9)2)19-8-12(18)11-5-3-10(7-14)4-6-11/h3-6H,8H2,1-2H3. The molecular weight excluding hydrogens is 260 g/mol. The molecule has 2 rings (SSSR count). The highest BCUT2D eigenvalue weighted by atomic mass is 32.2. The summed E-state index contributed by atoms with van der Waals surface area (Å²) in [6.45, 7) is 1.86. The number of carbonyl (C=O) groups excluding carboxylic acids is 1. The molecule has 0 aliphatic heterocycles. The van der Waals surface area contributed by atoms with Gasteiger partial charge in [-0.15, -0.1) is 10.2 Å². The third kappa shape index (κ3) is 3.01. The van der Waals surface area contributed by atoms with E-state index < -0.39 is 0 Å². The maximum absolute atomic E-state index is 12.0. The van der Waals surface area contributed by atoms with Crippen LogP contribution in [-0.2, 0) is 7.05 Å². The van der Waals surface area contributed by atoms with E-state index in [1.54, 1.807) is 24.3 Å². The molecule has 5 nitrogen and oxygen atoms in total. The van der Waals surface area contributed by atoms with Gasteiger partial charge in [0, 0.05) is 12.6 Å². The Morgan fingerprint density at radius 2 is 2.05 bits per heavy atom. The van der Waals surface area contributed by atoms with Gasteiger partial charge in [-0.25, -0.2) is 0 Å². The van der Waals surface area contributed by atoms with Crippen molar-refractivity contribution in [2.24, 2.45) is 7.05 Å². The third-order valence-corrected chi connectivity index (χ3v) is 3.74. The molecule has 0 spiro atoms. The smallest absolute Gasteiger partial charge is 0.191 e. The molecule has 0 aliphatic carbocycles. The van der Waals surface area contributed by atoms with Gasteiger partial charge in [0.15, 0.2) is 10.9 Å². The first-order valence-corrected chi connectivity index (χ1v) is 6.62. The van der Waals surface area contributed by atoms with E-state index in [2.05, 4.69) is 10.2 Å². The average molecular weight is 272 g/mol. The lowest BCUT2D eigenvalue weighted by atomic mass is 10.1. The third-order valence-electron chi connectivity index (χ3n) is 2.72. The number of nitriles is 1. The monoisotopic (exact) mass is 272 g/mol. The highest BCUT2D eigenvalue weighted by Crippen LogP contribution is 2.17.